The maximum absolute atomic E-state index is 12.1. The predicted molar refractivity (Wildman–Crippen MR) is 113 cm³/mol. The van der Waals surface area contributed by atoms with Crippen molar-refractivity contribution in [2.24, 2.45) is 10.4 Å². The Kier molecular flexibility index (Phi) is 8.49. The molecule has 1 heterocycles. The van der Waals surface area contributed by atoms with E-state index in [1.807, 2.05) is 18.2 Å². The fourth-order valence-corrected chi connectivity index (χ4v) is 3.11. The van der Waals surface area contributed by atoms with Gasteiger partial charge in [0.25, 0.3) is 5.91 Å². The van der Waals surface area contributed by atoms with Crippen LogP contribution in [0.4, 0.5) is 0 Å². The van der Waals surface area contributed by atoms with E-state index < -0.39 is 0 Å². The lowest BCUT2D eigenvalue weighted by molar-refractivity contribution is 0.0954. The average molecular weight is 509 g/mol. The molecule has 1 saturated heterocycles. The number of amides is 1. The fourth-order valence-electron chi connectivity index (χ4n) is 2.71. The number of hydrogen-bond donors (Lipinski definition) is 2. The first-order valence-electron chi connectivity index (χ1n) is 7.91. The number of halogens is 2. The van der Waals surface area contributed by atoms with Crippen molar-refractivity contribution in [3.63, 3.8) is 0 Å². The molecule has 7 heteroatoms. The van der Waals surface area contributed by atoms with Gasteiger partial charge in [0.1, 0.15) is 0 Å². The fraction of sp³-hybridized carbons (Fsp3) is 0.529. The molecule has 1 aliphatic rings. The van der Waals surface area contributed by atoms with Crippen LogP contribution in [0.3, 0.4) is 0 Å². The van der Waals surface area contributed by atoms with Crippen LogP contribution in [0.15, 0.2) is 33.7 Å². The second kappa shape index (κ2) is 9.60. The molecule has 0 saturated carbocycles. The molecular formula is C17H26BrIN4O. The second-order valence-corrected chi connectivity index (χ2v) is 7.49. The molecule has 0 radical (unpaired) electrons. The number of carbonyl (C=O) groups is 1. The summed E-state index contributed by atoms with van der Waals surface area (Å²) in [6.07, 6.45) is 1.17. The van der Waals surface area contributed by atoms with E-state index in [1.165, 1.54) is 6.42 Å². The van der Waals surface area contributed by atoms with Crippen LogP contribution in [0, 0.1) is 5.41 Å². The summed E-state index contributed by atoms with van der Waals surface area (Å²) in [4.78, 5) is 18.7. The third-order valence-corrected chi connectivity index (χ3v) is 4.46. The highest BCUT2D eigenvalue weighted by atomic mass is 127. The van der Waals surface area contributed by atoms with Gasteiger partial charge in [-0.2, -0.15) is 0 Å². The van der Waals surface area contributed by atoms with Crippen LogP contribution >= 0.6 is 39.9 Å². The number of guanidine groups is 1. The van der Waals surface area contributed by atoms with E-state index in [4.69, 9.17) is 0 Å². The first-order valence-corrected chi connectivity index (χ1v) is 8.70. The number of hydrogen-bond acceptors (Lipinski definition) is 2. The molecule has 2 rings (SSSR count). The Balaban J connectivity index is 0.00000288. The molecule has 134 valence electrons. The van der Waals surface area contributed by atoms with Crippen molar-refractivity contribution in [1.29, 1.82) is 0 Å². The van der Waals surface area contributed by atoms with Crippen LogP contribution in [-0.2, 0) is 0 Å². The molecule has 0 aliphatic carbocycles. The minimum atomic E-state index is -0.0645. The summed E-state index contributed by atoms with van der Waals surface area (Å²) in [5.74, 6) is 0.845. The molecule has 1 aliphatic heterocycles. The zero-order valence-electron chi connectivity index (χ0n) is 14.4. The number of benzene rings is 1. The molecule has 1 amide bonds. The minimum Gasteiger partial charge on any atom is -0.354 e. The molecule has 1 fully saturated rings. The molecule has 5 nitrogen and oxygen atoms in total. The molecule has 1 aromatic rings. The van der Waals surface area contributed by atoms with Gasteiger partial charge in [0, 0.05) is 43.3 Å². The maximum atomic E-state index is 12.1. The van der Waals surface area contributed by atoms with Crippen LogP contribution in [0.5, 0.6) is 0 Å². The summed E-state index contributed by atoms with van der Waals surface area (Å²) in [6, 6.07) is 7.38. The third-order valence-electron chi connectivity index (χ3n) is 3.97. The first-order chi connectivity index (χ1) is 10.9. The van der Waals surface area contributed by atoms with Gasteiger partial charge >= 0.3 is 0 Å². The highest BCUT2D eigenvalue weighted by Gasteiger charge is 2.30. The smallest absolute Gasteiger partial charge is 0.251 e. The van der Waals surface area contributed by atoms with Crippen molar-refractivity contribution in [2.45, 2.75) is 20.3 Å². The number of nitrogens with zero attached hydrogens (tertiary/aromatic N) is 2. The van der Waals surface area contributed by atoms with Gasteiger partial charge < -0.3 is 15.5 Å². The highest BCUT2D eigenvalue weighted by Crippen LogP contribution is 2.28. The van der Waals surface area contributed by atoms with Gasteiger partial charge in [0.05, 0.1) is 0 Å². The summed E-state index contributed by atoms with van der Waals surface area (Å²) in [6.45, 7) is 7.80. The zero-order chi connectivity index (χ0) is 16.9. The van der Waals surface area contributed by atoms with Gasteiger partial charge in [-0.25, -0.2) is 0 Å². The molecule has 2 N–H and O–H groups in total. The Labute approximate surface area is 169 Å². The van der Waals surface area contributed by atoms with Crippen LogP contribution in [0.2, 0.25) is 0 Å². The highest BCUT2D eigenvalue weighted by molar-refractivity contribution is 14.0. The van der Waals surface area contributed by atoms with Crippen molar-refractivity contribution in [3.05, 3.63) is 34.3 Å². The molecule has 0 unspecified atom stereocenters. The lowest BCUT2D eigenvalue weighted by Gasteiger charge is -2.23. The third kappa shape index (κ3) is 6.23. The van der Waals surface area contributed by atoms with E-state index in [2.05, 4.69) is 50.3 Å². The van der Waals surface area contributed by atoms with E-state index in [9.17, 15) is 4.79 Å². The first kappa shape index (κ1) is 21.2. The number of carbonyl (C=O) groups excluding carboxylic acids is 1. The van der Waals surface area contributed by atoms with Crippen LogP contribution in [0.25, 0.3) is 0 Å². The number of aliphatic imine (C=N–C) groups is 1. The lowest BCUT2D eigenvalue weighted by Crippen LogP contribution is -2.43. The number of rotatable bonds is 4. The summed E-state index contributed by atoms with van der Waals surface area (Å²) < 4.78 is 0.903. The van der Waals surface area contributed by atoms with Gasteiger partial charge in [0.15, 0.2) is 5.96 Å². The molecule has 1 aromatic carbocycles. The summed E-state index contributed by atoms with van der Waals surface area (Å²) >= 11 is 3.37. The normalized spacial score (nSPS) is 16.5. The van der Waals surface area contributed by atoms with Gasteiger partial charge in [0.2, 0.25) is 0 Å². The Bertz CT molecular complexity index is 592. The van der Waals surface area contributed by atoms with Crippen molar-refractivity contribution in [2.75, 3.05) is 33.2 Å². The summed E-state index contributed by atoms with van der Waals surface area (Å²) in [5, 5.41) is 6.24. The molecule has 0 bridgehead atoms. The number of likely N-dealkylation sites (tertiary alicyclic amines) is 1. The van der Waals surface area contributed by atoms with E-state index in [1.54, 1.807) is 13.1 Å². The number of nitrogens with one attached hydrogen (secondary N) is 2. The predicted octanol–water partition coefficient (Wildman–Crippen LogP) is 3.10. The quantitative estimate of drug-likeness (QED) is 0.284. The van der Waals surface area contributed by atoms with Crippen molar-refractivity contribution in [3.8, 4) is 0 Å². The van der Waals surface area contributed by atoms with Gasteiger partial charge in [-0.1, -0.05) is 35.8 Å². The summed E-state index contributed by atoms with van der Waals surface area (Å²) in [7, 11) is 1.80. The lowest BCUT2D eigenvalue weighted by atomic mass is 9.93. The zero-order valence-corrected chi connectivity index (χ0v) is 18.4. The SMILES string of the molecule is CN=C(NCCNC(=O)c1cccc(Br)c1)N1CCC(C)(C)C1.I. The second-order valence-electron chi connectivity index (χ2n) is 6.58. The van der Waals surface area contributed by atoms with Crippen LogP contribution in [-0.4, -0.2) is 50.0 Å². The Morgan fingerprint density at radius 3 is 2.62 bits per heavy atom. The monoisotopic (exact) mass is 508 g/mol. The van der Waals surface area contributed by atoms with Crippen molar-refractivity contribution in [1.82, 2.24) is 15.5 Å². The van der Waals surface area contributed by atoms with Crippen molar-refractivity contribution >= 4 is 51.8 Å². The molecular weight excluding hydrogens is 483 g/mol. The molecule has 0 spiro atoms. The van der Waals surface area contributed by atoms with E-state index >= 15 is 0 Å². The topological polar surface area (TPSA) is 56.7 Å². The van der Waals surface area contributed by atoms with E-state index in [0.29, 0.717) is 24.1 Å². The molecule has 0 aromatic heterocycles. The van der Waals surface area contributed by atoms with Gasteiger partial charge in [-0.05, 0) is 30.0 Å². The Hall–Kier alpha value is -0.830. The van der Waals surface area contributed by atoms with Crippen LogP contribution in [0.1, 0.15) is 30.6 Å². The minimum absolute atomic E-state index is 0. The standard InChI is InChI=1S/C17H25BrN4O.HI/c1-17(2)7-10-22(12-17)16(19-3)21-9-8-20-15(23)13-5-4-6-14(18)11-13;/h4-6,11H,7-10,12H2,1-3H3,(H,19,21)(H,20,23);1H. The van der Waals surface area contributed by atoms with Gasteiger partial charge in [-0.15, -0.1) is 24.0 Å². The summed E-state index contributed by atoms with van der Waals surface area (Å²) in [5.41, 5.74) is 0.997. The van der Waals surface area contributed by atoms with Crippen LogP contribution < -0.4 is 10.6 Å². The Morgan fingerprint density at radius 1 is 1.33 bits per heavy atom. The molecule has 24 heavy (non-hydrogen) atoms. The maximum Gasteiger partial charge on any atom is 0.251 e. The van der Waals surface area contributed by atoms with E-state index in [-0.39, 0.29) is 29.9 Å². The van der Waals surface area contributed by atoms with Gasteiger partial charge in [-0.3, -0.25) is 9.79 Å². The largest absolute Gasteiger partial charge is 0.354 e. The van der Waals surface area contributed by atoms with Crippen molar-refractivity contribution < 1.29 is 4.79 Å². The average Bonchev–Trinajstić information content (AvgIpc) is 2.87. The Morgan fingerprint density at radius 2 is 2.04 bits per heavy atom. The van der Waals surface area contributed by atoms with E-state index in [0.717, 1.165) is 23.5 Å². The molecule has 0 atom stereocenters.